The smallest absolute Gasteiger partial charge is 0.0542 e. The van der Waals surface area contributed by atoms with Crippen LogP contribution in [0.3, 0.4) is 0 Å². The molecular weight excluding hydrogens is 174 g/mol. The number of para-hydroxylation sites is 1. The minimum Gasteiger partial charge on any atom is -0.383 e. The third kappa shape index (κ3) is 1.13. The number of benzene rings is 1. The van der Waals surface area contributed by atoms with Gasteiger partial charge in [0.15, 0.2) is 0 Å². The Morgan fingerprint density at radius 1 is 1.29 bits per heavy atom. The molecule has 0 bridgehead atoms. The lowest BCUT2D eigenvalue weighted by Gasteiger charge is -2.41. The topological polar surface area (TPSA) is 41.3 Å². The Balaban J connectivity index is 1.84. The molecule has 2 aliphatic rings. The number of rotatable bonds is 1. The normalized spacial score (nSPS) is 26.8. The summed E-state index contributed by atoms with van der Waals surface area (Å²) in [5, 5.41) is 3.43. The predicted octanol–water partition coefficient (Wildman–Crippen LogP) is 0.796. The SMILES string of the molecule is NC1CN(C2CNc3ccccc32)C1. The molecule has 0 aromatic heterocycles. The molecule has 1 aromatic rings. The molecule has 0 radical (unpaired) electrons. The van der Waals surface area contributed by atoms with Crippen molar-refractivity contribution in [2.75, 3.05) is 25.0 Å². The van der Waals surface area contributed by atoms with Gasteiger partial charge in [-0.05, 0) is 11.6 Å². The number of hydrogen-bond donors (Lipinski definition) is 2. The summed E-state index contributed by atoms with van der Waals surface area (Å²) in [5.41, 5.74) is 8.51. The molecule has 2 aliphatic heterocycles. The van der Waals surface area contributed by atoms with Gasteiger partial charge in [-0.15, -0.1) is 0 Å². The summed E-state index contributed by atoms with van der Waals surface area (Å²) < 4.78 is 0. The van der Waals surface area contributed by atoms with E-state index in [1.54, 1.807) is 0 Å². The molecule has 0 amide bonds. The van der Waals surface area contributed by atoms with Crippen molar-refractivity contribution in [1.29, 1.82) is 0 Å². The molecule has 14 heavy (non-hydrogen) atoms. The standard InChI is InChI=1S/C11H15N3/c12-8-6-14(7-8)11-5-13-10-4-2-1-3-9(10)11/h1-4,8,11,13H,5-7,12H2. The van der Waals surface area contributed by atoms with Crippen molar-refractivity contribution in [3.63, 3.8) is 0 Å². The van der Waals surface area contributed by atoms with Crippen LogP contribution < -0.4 is 11.1 Å². The van der Waals surface area contributed by atoms with Crippen LogP contribution in [0.2, 0.25) is 0 Å². The van der Waals surface area contributed by atoms with Crippen LogP contribution in [0, 0.1) is 0 Å². The molecule has 3 rings (SSSR count). The van der Waals surface area contributed by atoms with Gasteiger partial charge in [0, 0.05) is 31.4 Å². The van der Waals surface area contributed by atoms with E-state index in [9.17, 15) is 0 Å². The second kappa shape index (κ2) is 2.97. The quantitative estimate of drug-likeness (QED) is 0.686. The van der Waals surface area contributed by atoms with Crippen molar-refractivity contribution in [1.82, 2.24) is 4.90 Å². The van der Waals surface area contributed by atoms with Crippen LogP contribution in [-0.2, 0) is 0 Å². The third-order valence-electron chi connectivity index (χ3n) is 3.18. The lowest BCUT2D eigenvalue weighted by atomic mass is 10.0. The molecule has 2 heterocycles. The van der Waals surface area contributed by atoms with E-state index < -0.39 is 0 Å². The highest BCUT2D eigenvalue weighted by atomic mass is 15.3. The van der Waals surface area contributed by atoms with Crippen LogP contribution in [0.15, 0.2) is 24.3 Å². The first-order valence-corrected chi connectivity index (χ1v) is 5.17. The van der Waals surface area contributed by atoms with Gasteiger partial charge in [-0.1, -0.05) is 18.2 Å². The van der Waals surface area contributed by atoms with E-state index in [1.165, 1.54) is 11.3 Å². The van der Waals surface area contributed by atoms with E-state index in [-0.39, 0.29) is 0 Å². The van der Waals surface area contributed by atoms with Crippen molar-refractivity contribution in [2.24, 2.45) is 5.73 Å². The van der Waals surface area contributed by atoms with E-state index in [0.717, 1.165) is 19.6 Å². The van der Waals surface area contributed by atoms with Crippen molar-refractivity contribution in [3.05, 3.63) is 29.8 Å². The lowest BCUT2D eigenvalue weighted by molar-refractivity contribution is 0.104. The summed E-state index contributed by atoms with van der Waals surface area (Å²) in [7, 11) is 0. The Morgan fingerprint density at radius 3 is 2.86 bits per heavy atom. The number of likely N-dealkylation sites (tertiary alicyclic amines) is 1. The Morgan fingerprint density at radius 2 is 2.07 bits per heavy atom. The summed E-state index contributed by atoms with van der Waals surface area (Å²) in [6, 6.07) is 9.49. The summed E-state index contributed by atoms with van der Waals surface area (Å²) in [6.45, 7) is 3.12. The Labute approximate surface area is 83.9 Å². The summed E-state index contributed by atoms with van der Waals surface area (Å²) in [6.07, 6.45) is 0. The van der Waals surface area contributed by atoms with Gasteiger partial charge < -0.3 is 11.1 Å². The highest BCUT2D eigenvalue weighted by Gasteiger charge is 2.34. The average Bonchev–Trinajstić information content (AvgIpc) is 2.56. The number of nitrogens with two attached hydrogens (primary N) is 1. The lowest BCUT2D eigenvalue weighted by Crippen LogP contribution is -2.56. The summed E-state index contributed by atoms with van der Waals surface area (Å²) in [5.74, 6) is 0. The molecule has 1 fully saturated rings. The number of nitrogens with zero attached hydrogens (tertiary/aromatic N) is 1. The van der Waals surface area contributed by atoms with Gasteiger partial charge in [0.05, 0.1) is 6.04 Å². The molecule has 3 heteroatoms. The number of nitrogens with one attached hydrogen (secondary N) is 1. The van der Waals surface area contributed by atoms with E-state index in [2.05, 4.69) is 34.5 Å². The molecule has 0 saturated carbocycles. The van der Waals surface area contributed by atoms with Gasteiger partial charge in [0.25, 0.3) is 0 Å². The van der Waals surface area contributed by atoms with Gasteiger partial charge in [0.2, 0.25) is 0 Å². The fourth-order valence-electron chi connectivity index (χ4n) is 2.39. The van der Waals surface area contributed by atoms with Crippen LogP contribution >= 0.6 is 0 Å². The zero-order valence-corrected chi connectivity index (χ0v) is 8.11. The van der Waals surface area contributed by atoms with E-state index in [4.69, 9.17) is 5.73 Å². The van der Waals surface area contributed by atoms with Gasteiger partial charge in [-0.2, -0.15) is 0 Å². The summed E-state index contributed by atoms with van der Waals surface area (Å²) >= 11 is 0. The van der Waals surface area contributed by atoms with Crippen LogP contribution in [0.5, 0.6) is 0 Å². The summed E-state index contributed by atoms with van der Waals surface area (Å²) in [4.78, 5) is 2.45. The predicted molar refractivity (Wildman–Crippen MR) is 57.2 cm³/mol. The van der Waals surface area contributed by atoms with Gasteiger partial charge in [-0.25, -0.2) is 0 Å². The van der Waals surface area contributed by atoms with E-state index >= 15 is 0 Å². The van der Waals surface area contributed by atoms with Crippen molar-refractivity contribution in [3.8, 4) is 0 Å². The fraction of sp³-hybridized carbons (Fsp3) is 0.455. The molecule has 1 aromatic carbocycles. The molecule has 0 spiro atoms. The maximum atomic E-state index is 5.79. The van der Waals surface area contributed by atoms with Crippen LogP contribution in [0.25, 0.3) is 0 Å². The van der Waals surface area contributed by atoms with E-state index in [0.29, 0.717) is 12.1 Å². The first-order valence-electron chi connectivity index (χ1n) is 5.17. The Hall–Kier alpha value is -1.06. The fourth-order valence-corrected chi connectivity index (χ4v) is 2.39. The number of hydrogen-bond acceptors (Lipinski definition) is 3. The van der Waals surface area contributed by atoms with Gasteiger partial charge >= 0.3 is 0 Å². The minimum atomic E-state index is 0.391. The van der Waals surface area contributed by atoms with Gasteiger partial charge in [-0.3, -0.25) is 4.90 Å². The second-order valence-electron chi connectivity index (χ2n) is 4.20. The molecule has 1 atom stereocenters. The molecule has 74 valence electrons. The zero-order chi connectivity index (χ0) is 9.54. The number of anilines is 1. The molecule has 0 aliphatic carbocycles. The van der Waals surface area contributed by atoms with Crippen LogP contribution in [0.4, 0.5) is 5.69 Å². The maximum absolute atomic E-state index is 5.79. The molecule has 1 saturated heterocycles. The first-order chi connectivity index (χ1) is 6.84. The van der Waals surface area contributed by atoms with Crippen LogP contribution in [0.1, 0.15) is 11.6 Å². The highest BCUT2D eigenvalue weighted by molar-refractivity contribution is 5.57. The largest absolute Gasteiger partial charge is 0.383 e. The van der Waals surface area contributed by atoms with Crippen molar-refractivity contribution < 1.29 is 0 Å². The molecule has 1 unspecified atom stereocenters. The molecule has 3 nitrogen and oxygen atoms in total. The Bertz CT molecular complexity index is 344. The molecule has 3 N–H and O–H groups in total. The average molecular weight is 189 g/mol. The maximum Gasteiger partial charge on any atom is 0.0542 e. The molecular formula is C11H15N3. The highest BCUT2D eigenvalue weighted by Crippen LogP contribution is 2.35. The second-order valence-corrected chi connectivity index (χ2v) is 4.20. The van der Waals surface area contributed by atoms with Crippen molar-refractivity contribution in [2.45, 2.75) is 12.1 Å². The van der Waals surface area contributed by atoms with Crippen LogP contribution in [-0.4, -0.2) is 30.6 Å². The van der Waals surface area contributed by atoms with Gasteiger partial charge in [0.1, 0.15) is 0 Å². The minimum absolute atomic E-state index is 0.391. The zero-order valence-electron chi connectivity index (χ0n) is 8.11. The number of fused-ring (bicyclic) bond motifs is 1. The monoisotopic (exact) mass is 189 g/mol. The first kappa shape index (κ1) is 8.26. The van der Waals surface area contributed by atoms with E-state index in [1.807, 2.05) is 0 Å². The third-order valence-corrected chi connectivity index (χ3v) is 3.18. The van der Waals surface area contributed by atoms with Crippen molar-refractivity contribution >= 4 is 5.69 Å². The Kier molecular flexibility index (Phi) is 1.75.